The van der Waals surface area contributed by atoms with E-state index in [1.54, 1.807) is 36.4 Å². The smallest absolute Gasteiger partial charge is 0.335 e. The first-order valence-corrected chi connectivity index (χ1v) is 7.50. The first-order valence-electron chi connectivity index (χ1n) is 6.13. The van der Waals surface area contributed by atoms with Crippen LogP contribution in [0.2, 0.25) is 5.02 Å². The quantitative estimate of drug-likeness (QED) is 0.719. The summed E-state index contributed by atoms with van der Waals surface area (Å²) in [5.41, 5.74) is 2.38. The number of benzene rings is 2. The van der Waals surface area contributed by atoms with Gasteiger partial charge >= 0.3 is 5.97 Å². The van der Waals surface area contributed by atoms with Crippen LogP contribution in [0.5, 0.6) is 0 Å². The van der Waals surface area contributed by atoms with Gasteiger partial charge in [0.25, 0.3) is 5.22 Å². The van der Waals surface area contributed by atoms with Gasteiger partial charge in [-0.1, -0.05) is 41.6 Å². The fourth-order valence-electron chi connectivity index (χ4n) is 1.93. The third-order valence-corrected chi connectivity index (χ3v) is 4.04. The summed E-state index contributed by atoms with van der Waals surface area (Å²) >= 11 is 7.25. The van der Waals surface area contributed by atoms with Crippen molar-refractivity contribution in [1.29, 1.82) is 0 Å². The maximum Gasteiger partial charge on any atom is 0.335 e. The van der Waals surface area contributed by atoms with Crippen molar-refractivity contribution in [3.05, 3.63) is 58.6 Å². The second-order valence-corrected chi connectivity index (χ2v) is 5.71. The number of hydrogen-bond acceptors (Lipinski definition) is 4. The maximum atomic E-state index is 11.1. The van der Waals surface area contributed by atoms with E-state index < -0.39 is 5.97 Å². The Morgan fingerprint density at radius 1 is 1.29 bits per heavy atom. The molecule has 3 aromatic rings. The third kappa shape index (κ3) is 3.04. The summed E-state index contributed by atoms with van der Waals surface area (Å²) in [4.78, 5) is 15.5. The molecule has 0 fully saturated rings. The molecule has 0 saturated carbocycles. The highest BCUT2D eigenvalue weighted by Crippen LogP contribution is 2.28. The van der Waals surface area contributed by atoms with E-state index in [1.807, 2.05) is 6.07 Å². The number of nitrogens with zero attached hydrogens (tertiary/aromatic N) is 1. The van der Waals surface area contributed by atoms with Crippen LogP contribution in [0, 0.1) is 0 Å². The Labute approximate surface area is 129 Å². The molecule has 0 atom stereocenters. The number of carboxylic acids is 1. The summed E-state index contributed by atoms with van der Waals surface area (Å²) in [5.74, 6) is -0.459. The van der Waals surface area contributed by atoms with Gasteiger partial charge in [0.15, 0.2) is 5.58 Å². The third-order valence-electron chi connectivity index (χ3n) is 2.93. The molecule has 0 unspecified atom stereocenters. The molecule has 1 heterocycles. The lowest BCUT2D eigenvalue weighted by molar-refractivity contribution is 0.0696. The maximum absolute atomic E-state index is 11.1. The van der Waals surface area contributed by atoms with Crippen molar-refractivity contribution in [2.45, 2.75) is 11.0 Å². The molecule has 3 rings (SSSR count). The molecule has 6 heteroatoms. The average Bonchev–Trinajstić information content (AvgIpc) is 2.87. The molecule has 21 heavy (non-hydrogen) atoms. The van der Waals surface area contributed by atoms with Crippen molar-refractivity contribution >= 4 is 40.4 Å². The van der Waals surface area contributed by atoms with Gasteiger partial charge in [0.1, 0.15) is 5.52 Å². The number of carbonyl (C=O) groups is 1. The minimum atomic E-state index is -0.935. The van der Waals surface area contributed by atoms with Crippen LogP contribution in [0.15, 0.2) is 52.1 Å². The summed E-state index contributed by atoms with van der Waals surface area (Å²) in [6, 6.07) is 12.1. The second-order valence-electron chi connectivity index (χ2n) is 4.34. The highest BCUT2D eigenvalue weighted by Gasteiger charge is 2.12. The van der Waals surface area contributed by atoms with Crippen molar-refractivity contribution < 1.29 is 14.3 Å². The molecule has 1 aromatic heterocycles. The Morgan fingerprint density at radius 2 is 2.10 bits per heavy atom. The molecule has 1 N–H and O–H groups in total. The zero-order valence-corrected chi connectivity index (χ0v) is 12.3. The van der Waals surface area contributed by atoms with Gasteiger partial charge in [-0.05, 0) is 23.8 Å². The van der Waals surface area contributed by atoms with Crippen LogP contribution in [-0.2, 0) is 5.75 Å². The largest absolute Gasteiger partial charge is 0.478 e. The van der Waals surface area contributed by atoms with Crippen LogP contribution in [0.4, 0.5) is 0 Å². The van der Waals surface area contributed by atoms with E-state index in [-0.39, 0.29) is 0 Å². The zero-order chi connectivity index (χ0) is 14.8. The van der Waals surface area contributed by atoms with Crippen LogP contribution in [0.25, 0.3) is 11.1 Å². The first-order chi connectivity index (χ1) is 10.1. The lowest BCUT2D eigenvalue weighted by Gasteiger charge is -2.03. The molecule has 0 aliphatic carbocycles. The second kappa shape index (κ2) is 5.79. The van der Waals surface area contributed by atoms with Gasteiger partial charge in [-0.3, -0.25) is 0 Å². The van der Waals surface area contributed by atoms with E-state index in [2.05, 4.69) is 4.98 Å². The van der Waals surface area contributed by atoms with Crippen LogP contribution in [-0.4, -0.2) is 16.1 Å². The summed E-state index contributed by atoms with van der Waals surface area (Å²) < 4.78 is 5.59. The van der Waals surface area contributed by atoms with Gasteiger partial charge in [0.2, 0.25) is 0 Å². The molecule has 0 bridgehead atoms. The van der Waals surface area contributed by atoms with Gasteiger partial charge in [-0.25, -0.2) is 9.78 Å². The van der Waals surface area contributed by atoms with Crippen molar-refractivity contribution in [1.82, 2.24) is 4.98 Å². The first kappa shape index (κ1) is 14.0. The van der Waals surface area contributed by atoms with E-state index in [0.717, 1.165) is 11.1 Å². The van der Waals surface area contributed by atoms with Gasteiger partial charge < -0.3 is 9.52 Å². The van der Waals surface area contributed by atoms with Crippen molar-refractivity contribution in [3.63, 3.8) is 0 Å². The Balaban J connectivity index is 1.82. The Kier molecular flexibility index (Phi) is 3.86. The van der Waals surface area contributed by atoms with Crippen LogP contribution in [0.1, 0.15) is 15.9 Å². The summed E-state index contributed by atoms with van der Waals surface area (Å²) in [6.45, 7) is 0. The molecular formula is C15H10ClNO3S. The van der Waals surface area contributed by atoms with Crippen LogP contribution >= 0.6 is 23.4 Å². The highest BCUT2D eigenvalue weighted by atomic mass is 35.5. The van der Waals surface area contributed by atoms with Crippen molar-refractivity contribution in [3.8, 4) is 0 Å². The predicted octanol–water partition coefficient (Wildman–Crippen LogP) is 4.47. The Morgan fingerprint density at radius 3 is 2.90 bits per heavy atom. The number of oxazole rings is 1. The van der Waals surface area contributed by atoms with Crippen molar-refractivity contribution in [2.24, 2.45) is 0 Å². The number of thioether (sulfide) groups is 1. The van der Waals surface area contributed by atoms with E-state index in [9.17, 15) is 4.79 Å². The van der Waals surface area contributed by atoms with E-state index in [1.165, 1.54) is 11.8 Å². The number of rotatable bonds is 4. The lowest BCUT2D eigenvalue weighted by atomic mass is 10.1. The number of aromatic nitrogens is 1. The van der Waals surface area contributed by atoms with Gasteiger partial charge in [-0.15, -0.1) is 0 Å². The van der Waals surface area contributed by atoms with E-state index in [0.29, 0.717) is 27.1 Å². The molecule has 0 aliphatic heterocycles. The van der Waals surface area contributed by atoms with Crippen LogP contribution in [0.3, 0.4) is 0 Å². The number of halogens is 1. The fraction of sp³-hybridized carbons (Fsp3) is 0.0667. The molecule has 4 nitrogen and oxygen atoms in total. The Hall–Kier alpha value is -1.98. The number of hydrogen-bond donors (Lipinski definition) is 1. The van der Waals surface area contributed by atoms with Gasteiger partial charge in [-0.2, -0.15) is 0 Å². The number of aromatic carboxylic acids is 1. The molecule has 0 spiro atoms. The standard InChI is InChI=1S/C15H10ClNO3S/c16-10-5-6-12-13(7-10)20-15(17-12)21-8-9-3-1-2-4-11(9)14(18)19/h1-7H,8H2,(H,18,19). The molecule has 106 valence electrons. The topological polar surface area (TPSA) is 63.3 Å². The number of fused-ring (bicyclic) bond motifs is 1. The Bertz CT molecular complexity index is 816. The minimum absolute atomic E-state index is 0.296. The average molecular weight is 320 g/mol. The number of carboxylic acid groups (broad SMARTS) is 1. The molecule has 0 radical (unpaired) electrons. The van der Waals surface area contributed by atoms with Crippen LogP contribution < -0.4 is 0 Å². The highest BCUT2D eigenvalue weighted by molar-refractivity contribution is 7.98. The molecule has 0 amide bonds. The molecule has 0 saturated heterocycles. The summed E-state index contributed by atoms with van der Waals surface area (Å²) in [7, 11) is 0. The van der Waals surface area contributed by atoms with E-state index >= 15 is 0 Å². The summed E-state index contributed by atoms with van der Waals surface area (Å²) in [6.07, 6.45) is 0. The predicted molar refractivity (Wildman–Crippen MR) is 82.0 cm³/mol. The van der Waals surface area contributed by atoms with Gasteiger partial charge in [0, 0.05) is 16.8 Å². The van der Waals surface area contributed by atoms with Crippen molar-refractivity contribution in [2.75, 3.05) is 0 Å². The normalized spacial score (nSPS) is 10.9. The monoisotopic (exact) mass is 319 g/mol. The molecular weight excluding hydrogens is 310 g/mol. The molecule has 0 aliphatic rings. The minimum Gasteiger partial charge on any atom is -0.478 e. The zero-order valence-electron chi connectivity index (χ0n) is 10.7. The lowest BCUT2D eigenvalue weighted by Crippen LogP contribution is -2.00. The van der Waals surface area contributed by atoms with E-state index in [4.69, 9.17) is 21.1 Å². The SMILES string of the molecule is O=C(O)c1ccccc1CSc1nc2ccc(Cl)cc2o1. The van der Waals surface area contributed by atoms with Gasteiger partial charge in [0.05, 0.1) is 5.56 Å². The fourth-order valence-corrected chi connectivity index (χ4v) is 2.94. The summed E-state index contributed by atoms with van der Waals surface area (Å²) in [5, 5.41) is 10.2. The molecule has 2 aromatic carbocycles.